The van der Waals surface area contributed by atoms with Gasteiger partial charge in [0.05, 0.1) is 6.61 Å². The minimum absolute atomic E-state index is 0.0905. The van der Waals surface area contributed by atoms with E-state index >= 15 is 0 Å². The van der Waals surface area contributed by atoms with Crippen LogP contribution in [0.4, 0.5) is 0 Å². The predicted molar refractivity (Wildman–Crippen MR) is 66.7 cm³/mol. The van der Waals surface area contributed by atoms with E-state index in [1.54, 1.807) is 6.07 Å². The normalized spacial score (nSPS) is 10.2. The van der Waals surface area contributed by atoms with Gasteiger partial charge in [-0.05, 0) is 37.1 Å². The highest BCUT2D eigenvalue weighted by Crippen LogP contribution is 2.21. The molecule has 0 aliphatic rings. The Balaban J connectivity index is 2.94. The zero-order valence-corrected chi connectivity index (χ0v) is 10.5. The predicted octanol–water partition coefficient (Wildman–Crippen LogP) is 3.46. The molecule has 88 valence electrons. The standard InChI is InChI=1S/C13H17ClO2/c1-3-10-9-11(12(15)7-8-14)5-6-13(10)16-4-2/h5-6,9H,3-4,7-8H2,1-2H3. The molecule has 0 unspecified atom stereocenters. The number of hydrogen-bond acceptors (Lipinski definition) is 2. The van der Waals surface area contributed by atoms with E-state index in [-0.39, 0.29) is 5.78 Å². The summed E-state index contributed by atoms with van der Waals surface area (Å²) in [5.74, 6) is 1.33. The number of aryl methyl sites for hydroxylation is 1. The van der Waals surface area contributed by atoms with Crippen molar-refractivity contribution < 1.29 is 9.53 Å². The highest BCUT2D eigenvalue weighted by atomic mass is 35.5. The summed E-state index contributed by atoms with van der Waals surface area (Å²) in [6.07, 6.45) is 1.25. The smallest absolute Gasteiger partial charge is 0.164 e. The first-order valence-corrected chi connectivity index (χ1v) is 6.11. The van der Waals surface area contributed by atoms with Crippen LogP contribution in [0.5, 0.6) is 5.75 Å². The molecular weight excluding hydrogens is 224 g/mol. The van der Waals surface area contributed by atoms with Crippen LogP contribution in [-0.4, -0.2) is 18.3 Å². The molecule has 0 heterocycles. The van der Waals surface area contributed by atoms with Gasteiger partial charge in [-0.2, -0.15) is 0 Å². The first kappa shape index (κ1) is 13.0. The molecule has 16 heavy (non-hydrogen) atoms. The average Bonchev–Trinajstić information content (AvgIpc) is 2.30. The second-order valence-corrected chi connectivity index (χ2v) is 3.85. The number of rotatable bonds is 6. The van der Waals surface area contributed by atoms with Crippen molar-refractivity contribution in [2.75, 3.05) is 12.5 Å². The van der Waals surface area contributed by atoms with Gasteiger partial charge in [-0.3, -0.25) is 4.79 Å². The van der Waals surface area contributed by atoms with Crippen LogP contribution in [0.25, 0.3) is 0 Å². The van der Waals surface area contributed by atoms with Crippen LogP contribution in [0.15, 0.2) is 18.2 Å². The summed E-state index contributed by atoms with van der Waals surface area (Å²) in [4.78, 5) is 11.7. The van der Waals surface area contributed by atoms with Gasteiger partial charge < -0.3 is 4.74 Å². The molecule has 0 aliphatic heterocycles. The van der Waals surface area contributed by atoms with Crippen molar-refractivity contribution in [3.63, 3.8) is 0 Å². The average molecular weight is 241 g/mol. The quantitative estimate of drug-likeness (QED) is 0.562. The molecule has 0 amide bonds. The first-order valence-electron chi connectivity index (χ1n) is 5.57. The van der Waals surface area contributed by atoms with Gasteiger partial charge >= 0.3 is 0 Å². The van der Waals surface area contributed by atoms with Gasteiger partial charge in [-0.15, -0.1) is 11.6 Å². The van der Waals surface area contributed by atoms with E-state index < -0.39 is 0 Å². The summed E-state index contributed by atoms with van der Waals surface area (Å²) in [6.45, 7) is 4.64. The fourth-order valence-electron chi connectivity index (χ4n) is 1.56. The fraction of sp³-hybridized carbons (Fsp3) is 0.462. The lowest BCUT2D eigenvalue weighted by Gasteiger charge is -2.10. The number of ketones is 1. The Kier molecular flexibility index (Phi) is 5.33. The van der Waals surface area contributed by atoms with Crippen molar-refractivity contribution in [1.82, 2.24) is 0 Å². The van der Waals surface area contributed by atoms with Gasteiger partial charge in [0.25, 0.3) is 0 Å². The molecule has 1 aromatic rings. The number of halogens is 1. The zero-order valence-electron chi connectivity index (χ0n) is 9.75. The van der Waals surface area contributed by atoms with Gasteiger partial charge in [-0.25, -0.2) is 0 Å². The van der Waals surface area contributed by atoms with Crippen LogP contribution in [0, 0.1) is 0 Å². The fourth-order valence-corrected chi connectivity index (χ4v) is 1.73. The number of carbonyl (C=O) groups is 1. The molecule has 1 rings (SSSR count). The van der Waals surface area contributed by atoms with Crippen molar-refractivity contribution in [2.45, 2.75) is 26.7 Å². The van der Waals surface area contributed by atoms with Gasteiger partial charge in [0.2, 0.25) is 0 Å². The number of hydrogen-bond donors (Lipinski definition) is 0. The molecule has 0 aromatic heterocycles. The molecule has 2 nitrogen and oxygen atoms in total. The molecule has 0 aliphatic carbocycles. The molecule has 0 radical (unpaired) electrons. The number of Topliss-reactive ketones (excluding diaryl/α,β-unsaturated/α-hetero) is 1. The van der Waals surface area contributed by atoms with E-state index in [9.17, 15) is 4.79 Å². The van der Waals surface area contributed by atoms with Crippen LogP contribution in [0.1, 0.15) is 36.2 Å². The van der Waals surface area contributed by atoms with Crippen molar-refractivity contribution in [3.8, 4) is 5.75 Å². The summed E-state index contributed by atoms with van der Waals surface area (Å²) >= 11 is 5.56. The summed E-state index contributed by atoms with van der Waals surface area (Å²) in [5.41, 5.74) is 1.79. The second-order valence-electron chi connectivity index (χ2n) is 3.47. The lowest BCUT2D eigenvalue weighted by Crippen LogP contribution is -2.02. The van der Waals surface area contributed by atoms with Crippen molar-refractivity contribution in [2.24, 2.45) is 0 Å². The number of carbonyl (C=O) groups excluding carboxylic acids is 1. The Morgan fingerprint density at radius 1 is 1.38 bits per heavy atom. The van der Waals surface area contributed by atoms with Crippen LogP contribution >= 0.6 is 11.6 Å². The lowest BCUT2D eigenvalue weighted by molar-refractivity contribution is 0.0989. The second kappa shape index (κ2) is 6.54. The molecule has 0 bridgehead atoms. The summed E-state index contributed by atoms with van der Waals surface area (Å²) in [5, 5.41) is 0. The van der Waals surface area contributed by atoms with Crippen LogP contribution in [0.2, 0.25) is 0 Å². The van der Waals surface area contributed by atoms with Gasteiger partial charge in [0.15, 0.2) is 5.78 Å². The van der Waals surface area contributed by atoms with Crippen LogP contribution in [-0.2, 0) is 6.42 Å². The van der Waals surface area contributed by atoms with E-state index in [1.165, 1.54) is 0 Å². The van der Waals surface area contributed by atoms with Gasteiger partial charge in [0, 0.05) is 17.9 Å². The highest BCUT2D eigenvalue weighted by molar-refractivity contribution is 6.19. The number of alkyl halides is 1. The maximum absolute atomic E-state index is 11.7. The Labute approximate surface area is 102 Å². The summed E-state index contributed by atoms with van der Waals surface area (Å²) in [6, 6.07) is 5.57. The largest absolute Gasteiger partial charge is 0.494 e. The SMILES string of the molecule is CCOc1ccc(C(=O)CCCl)cc1CC. The molecular formula is C13H17ClO2. The topological polar surface area (TPSA) is 26.3 Å². The van der Waals surface area contributed by atoms with E-state index in [0.717, 1.165) is 23.3 Å². The molecule has 0 atom stereocenters. The molecule has 3 heteroatoms. The number of benzene rings is 1. The van der Waals surface area contributed by atoms with Crippen LogP contribution in [0.3, 0.4) is 0 Å². The van der Waals surface area contributed by atoms with Crippen molar-refractivity contribution in [3.05, 3.63) is 29.3 Å². The monoisotopic (exact) mass is 240 g/mol. The maximum atomic E-state index is 11.7. The van der Waals surface area contributed by atoms with E-state index in [1.807, 2.05) is 26.0 Å². The van der Waals surface area contributed by atoms with Crippen molar-refractivity contribution in [1.29, 1.82) is 0 Å². The summed E-state index contributed by atoms with van der Waals surface area (Å²) in [7, 11) is 0. The van der Waals surface area contributed by atoms with Crippen molar-refractivity contribution >= 4 is 17.4 Å². The minimum Gasteiger partial charge on any atom is -0.494 e. The third-order valence-electron chi connectivity index (χ3n) is 2.38. The summed E-state index contributed by atoms with van der Waals surface area (Å²) < 4.78 is 5.49. The molecule has 1 aromatic carbocycles. The third kappa shape index (κ3) is 3.24. The Morgan fingerprint density at radius 3 is 2.69 bits per heavy atom. The molecule has 0 N–H and O–H groups in total. The van der Waals surface area contributed by atoms with E-state index in [4.69, 9.17) is 16.3 Å². The molecule has 0 spiro atoms. The highest BCUT2D eigenvalue weighted by Gasteiger charge is 2.08. The third-order valence-corrected chi connectivity index (χ3v) is 2.57. The Hall–Kier alpha value is -1.02. The minimum atomic E-state index is 0.0905. The van der Waals surface area contributed by atoms with Gasteiger partial charge in [0.1, 0.15) is 5.75 Å². The maximum Gasteiger partial charge on any atom is 0.164 e. The lowest BCUT2D eigenvalue weighted by atomic mass is 10.0. The van der Waals surface area contributed by atoms with E-state index in [2.05, 4.69) is 0 Å². The van der Waals surface area contributed by atoms with E-state index in [0.29, 0.717) is 18.9 Å². The zero-order chi connectivity index (χ0) is 12.0. The Bertz CT molecular complexity index is 361. The first-order chi connectivity index (χ1) is 7.72. The molecule has 0 saturated carbocycles. The van der Waals surface area contributed by atoms with Gasteiger partial charge in [-0.1, -0.05) is 6.92 Å². The van der Waals surface area contributed by atoms with Crippen LogP contribution < -0.4 is 4.74 Å². The molecule has 0 saturated heterocycles. The number of ether oxygens (including phenoxy) is 1. The molecule has 0 fully saturated rings. The Morgan fingerprint density at radius 2 is 2.12 bits per heavy atom.